The van der Waals surface area contributed by atoms with Crippen LogP contribution in [-0.4, -0.2) is 19.0 Å². The number of anilines is 1. The maximum Gasteiger partial charge on any atom is 0.168 e. The largest absolute Gasteiger partial charge is 0.398 e. The average molecular weight is 205 g/mol. The molecule has 0 bridgehead atoms. The molecule has 3 heteroatoms. The zero-order chi connectivity index (χ0) is 10.7. The van der Waals surface area contributed by atoms with Gasteiger partial charge in [0.25, 0.3) is 0 Å². The summed E-state index contributed by atoms with van der Waals surface area (Å²) in [5.74, 6) is 0.250. The Labute approximate surface area is 89.2 Å². The molecule has 2 N–H and O–H groups in total. The molecule has 1 saturated heterocycles. The summed E-state index contributed by atoms with van der Waals surface area (Å²) in [5.41, 5.74) is 7.01. The Balaban J connectivity index is 2.16. The summed E-state index contributed by atoms with van der Waals surface area (Å²) >= 11 is 0. The summed E-state index contributed by atoms with van der Waals surface area (Å²) in [5, 5.41) is 0. The second kappa shape index (κ2) is 4.45. The molecule has 0 aromatic heterocycles. The normalized spacial score (nSPS) is 17.6. The van der Waals surface area contributed by atoms with Gasteiger partial charge in [-0.3, -0.25) is 4.79 Å². The van der Waals surface area contributed by atoms with E-state index in [1.165, 1.54) is 0 Å². The van der Waals surface area contributed by atoms with Crippen LogP contribution in [0.4, 0.5) is 5.69 Å². The van der Waals surface area contributed by atoms with Crippen molar-refractivity contribution in [2.75, 3.05) is 18.9 Å². The van der Waals surface area contributed by atoms with Gasteiger partial charge in [0.1, 0.15) is 0 Å². The van der Waals surface area contributed by atoms with E-state index in [0.717, 1.165) is 12.8 Å². The molecular formula is C12H15NO2. The van der Waals surface area contributed by atoms with Gasteiger partial charge in [-0.05, 0) is 25.0 Å². The minimum absolute atomic E-state index is 0.0865. The van der Waals surface area contributed by atoms with Crippen LogP contribution in [0.2, 0.25) is 0 Å². The first-order valence-electron chi connectivity index (χ1n) is 5.25. The molecule has 0 amide bonds. The number of hydrogen-bond acceptors (Lipinski definition) is 3. The van der Waals surface area contributed by atoms with Gasteiger partial charge in [0, 0.05) is 30.4 Å². The van der Waals surface area contributed by atoms with E-state index in [1.807, 2.05) is 12.1 Å². The zero-order valence-electron chi connectivity index (χ0n) is 8.61. The second-order valence-electron chi connectivity index (χ2n) is 3.84. The molecule has 1 aromatic carbocycles. The average Bonchev–Trinajstić information content (AvgIpc) is 2.30. The maximum absolute atomic E-state index is 12.1. The quantitative estimate of drug-likeness (QED) is 0.592. The summed E-state index contributed by atoms with van der Waals surface area (Å²) in [7, 11) is 0. The highest BCUT2D eigenvalue weighted by atomic mass is 16.5. The minimum atomic E-state index is 0.0865. The molecule has 0 atom stereocenters. The van der Waals surface area contributed by atoms with Gasteiger partial charge in [0.2, 0.25) is 0 Å². The summed E-state index contributed by atoms with van der Waals surface area (Å²) < 4.78 is 5.23. The van der Waals surface area contributed by atoms with Crippen molar-refractivity contribution in [3.8, 4) is 0 Å². The van der Waals surface area contributed by atoms with Crippen LogP contribution < -0.4 is 5.73 Å². The standard InChI is InChI=1S/C12H15NO2/c13-11-4-2-1-3-10(11)12(14)9-5-7-15-8-6-9/h1-4,9H,5-8,13H2. The zero-order valence-corrected chi connectivity index (χ0v) is 8.61. The van der Waals surface area contributed by atoms with Crippen LogP contribution in [-0.2, 0) is 4.74 Å². The van der Waals surface area contributed by atoms with E-state index >= 15 is 0 Å². The molecule has 2 rings (SSSR count). The Bertz CT molecular complexity index is 356. The molecule has 0 radical (unpaired) electrons. The molecule has 80 valence electrons. The van der Waals surface area contributed by atoms with Crippen LogP contribution in [0.5, 0.6) is 0 Å². The topological polar surface area (TPSA) is 52.3 Å². The highest BCUT2D eigenvalue weighted by Crippen LogP contribution is 2.22. The van der Waals surface area contributed by atoms with Crippen LogP contribution in [0.25, 0.3) is 0 Å². The van der Waals surface area contributed by atoms with E-state index in [9.17, 15) is 4.79 Å². The molecule has 3 nitrogen and oxygen atoms in total. The summed E-state index contributed by atoms with van der Waals surface area (Å²) in [6.07, 6.45) is 1.63. The highest BCUT2D eigenvalue weighted by Gasteiger charge is 2.23. The minimum Gasteiger partial charge on any atom is -0.398 e. The smallest absolute Gasteiger partial charge is 0.168 e. The SMILES string of the molecule is Nc1ccccc1C(=O)C1CCOCC1. The van der Waals surface area contributed by atoms with Crippen molar-refractivity contribution in [3.63, 3.8) is 0 Å². The lowest BCUT2D eigenvalue weighted by atomic mass is 9.90. The predicted octanol–water partition coefficient (Wildman–Crippen LogP) is 1.88. The van der Waals surface area contributed by atoms with Crippen LogP contribution in [0.3, 0.4) is 0 Å². The van der Waals surface area contributed by atoms with Crippen LogP contribution in [0.15, 0.2) is 24.3 Å². The number of hydrogen-bond donors (Lipinski definition) is 1. The van der Waals surface area contributed by atoms with Crippen molar-refractivity contribution in [3.05, 3.63) is 29.8 Å². The lowest BCUT2D eigenvalue weighted by Gasteiger charge is -2.21. The molecule has 15 heavy (non-hydrogen) atoms. The molecular weight excluding hydrogens is 190 g/mol. The van der Waals surface area contributed by atoms with E-state index in [-0.39, 0.29) is 11.7 Å². The van der Waals surface area contributed by atoms with Crippen molar-refractivity contribution in [2.45, 2.75) is 12.8 Å². The number of rotatable bonds is 2. The fraction of sp³-hybridized carbons (Fsp3) is 0.417. The van der Waals surface area contributed by atoms with Crippen molar-refractivity contribution in [1.29, 1.82) is 0 Å². The Morgan fingerprint density at radius 2 is 1.93 bits per heavy atom. The van der Waals surface area contributed by atoms with Crippen LogP contribution in [0, 0.1) is 5.92 Å². The molecule has 1 aliphatic rings. The van der Waals surface area contributed by atoms with Crippen LogP contribution in [0.1, 0.15) is 23.2 Å². The van der Waals surface area contributed by atoms with Gasteiger partial charge in [-0.15, -0.1) is 0 Å². The molecule has 0 unspecified atom stereocenters. The number of ketones is 1. The van der Waals surface area contributed by atoms with E-state index in [4.69, 9.17) is 10.5 Å². The molecule has 1 aliphatic heterocycles. The van der Waals surface area contributed by atoms with Crippen LogP contribution >= 0.6 is 0 Å². The molecule has 0 aliphatic carbocycles. The number of nitrogens with two attached hydrogens (primary N) is 1. The van der Waals surface area contributed by atoms with E-state index in [1.54, 1.807) is 12.1 Å². The molecule has 1 heterocycles. The monoisotopic (exact) mass is 205 g/mol. The third-order valence-electron chi connectivity index (χ3n) is 2.82. The van der Waals surface area contributed by atoms with E-state index in [0.29, 0.717) is 24.5 Å². The number of carbonyl (C=O) groups excluding carboxylic acids is 1. The molecule has 0 spiro atoms. The first-order chi connectivity index (χ1) is 7.29. The number of nitrogen functional groups attached to an aromatic ring is 1. The van der Waals surface area contributed by atoms with Gasteiger partial charge < -0.3 is 10.5 Å². The van der Waals surface area contributed by atoms with Gasteiger partial charge in [0.05, 0.1) is 0 Å². The maximum atomic E-state index is 12.1. The Morgan fingerprint density at radius 3 is 2.60 bits per heavy atom. The third kappa shape index (κ3) is 2.18. The lowest BCUT2D eigenvalue weighted by Crippen LogP contribution is -2.24. The fourth-order valence-corrected chi connectivity index (χ4v) is 1.90. The van der Waals surface area contributed by atoms with Gasteiger partial charge in [-0.1, -0.05) is 12.1 Å². The highest BCUT2D eigenvalue weighted by molar-refractivity contribution is 6.02. The van der Waals surface area contributed by atoms with Gasteiger partial charge in [-0.2, -0.15) is 0 Å². The lowest BCUT2D eigenvalue weighted by molar-refractivity contribution is 0.0545. The number of benzene rings is 1. The summed E-state index contributed by atoms with van der Waals surface area (Å²) in [6.45, 7) is 1.37. The summed E-state index contributed by atoms with van der Waals surface area (Å²) in [6, 6.07) is 7.26. The Hall–Kier alpha value is -1.35. The molecule has 0 saturated carbocycles. The molecule has 1 fully saturated rings. The Morgan fingerprint density at radius 1 is 1.27 bits per heavy atom. The third-order valence-corrected chi connectivity index (χ3v) is 2.82. The number of ether oxygens (including phenoxy) is 1. The van der Waals surface area contributed by atoms with Crippen molar-refractivity contribution < 1.29 is 9.53 Å². The van der Waals surface area contributed by atoms with Crippen molar-refractivity contribution in [1.82, 2.24) is 0 Å². The predicted molar refractivity (Wildman–Crippen MR) is 58.7 cm³/mol. The van der Waals surface area contributed by atoms with Gasteiger partial charge in [-0.25, -0.2) is 0 Å². The van der Waals surface area contributed by atoms with E-state index < -0.39 is 0 Å². The first-order valence-corrected chi connectivity index (χ1v) is 5.25. The van der Waals surface area contributed by atoms with Crippen molar-refractivity contribution >= 4 is 11.5 Å². The van der Waals surface area contributed by atoms with Gasteiger partial charge in [0.15, 0.2) is 5.78 Å². The summed E-state index contributed by atoms with van der Waals surface area (Å²) in [4.78, 5) is 12.1. The second-order valence-corrected chi connectivity index (χ2v) is 3.84. The van der Waals surface area contributed by atoms with Crippen molar-refractivity contribution in [2.24, 2.45) is 5.92 Å². The Kier molecular flexibility index (Phi) is 3.02. The number of Topliss-reactive ketones (excluding diaryl/α,β-unsaturated/α-hetero) is 1. The fourth-order valence-electron chi connectivity index (χ4n) is 1.90. The number of para-hydroxylation sites is 1. The van der Waals surface area contributed by atoms with Gasteiger partial charge >= 0.3 is 0 Å². The number of carbonyl (C=O) groups is 1. The van der Waals surface area contributed by atoms with E-state index in [2.05, 4.69) is 0 Å². The molecule has 1 aromatic rings. The first kappa shape index (κ1) is 10.2.